The lowest BCUT2D eigenvalue weighted by Crippen LogP contribution is -2.08. The molecule has 7 nitrogen and oxygen atoms in total. The summed E-state index contributed by atoms with van der Waals surface area (Å²) in [6.07, 6.45) is 1.65. The fraction of sp³-hybridized carbons (Fsp3) is 0.158. The summed E-state index contributed by atoms with van der Waals surface area (Å²) in [6.45, 7) is 1.90. The Balaban J connectivity index is 1.43. The van der Waals surface area contributed by atoms with Gasteiger partial charge in [-0.3, -0.25) is 0 Å². The molecule has 8 heteroatoms. The van der Waals surface area contributed by atoms with Gasteiger partial charge in [-0.15, -0.1) is 0 Å². The van der Waals surface area contributed by atoms with Crippen molar-refractivity contribution in [2.24, 2.45) is 0 Å². The third-order valence-electron chi connectivity index (χ3n) is 3.80. The van der Waals surface area contributed by atoms with Crippen molar-refractivity contribution >= 4 is 28.8 Å². The number of aromatic nitrogens is 4. The second-order valence-electron chi connectivity index (χ2n) is 5.85. The van der Waals surface area contributed by atoms with E-state index in [4.69, 9.17) is 9.26 Å². The summed E-state index contributed by atoms with van der Waals surface area (Å²) >= 11 is 1.41. The number of benzene rings is 1. The number of thioether (sulfide) groups is 1. The Morgan fingerprint density at radius 1 is 1.26 bits per heavy atom. The molecule has 4 rings (SSSR count). The van der Waals surface area contributed by atoms with E-state index < -0.39 is 5.97 Å². The van der Waals surface area contributed by atoms with Gasteiger partial charge in [-0.1, -0.05) is 29.1 Å². The lowest BCUT2D eigenvalue weighted by Gasteiger charge is -2.07. The predicted molar refractivity (Wildman–Crippen MR) is 100 cm³/mol. The molecule has 0 aliphatic heterocycles. The lowest BCUT2D eigenvalue weighted by molar-refractivity contribution is 0.0458. The Hall–Kier alpha value is -3.13. The number of aryl methyl sites for hydroxylation is 1. The first-order valence-corrected chi connectivity index (χ1v) is 9.28. The van der Waals surface area contributed by atoms with Crippen LogP contribution in [0.5, 0.6) is 0 Å². The topological polar surface area (TPSA) is 93.9 Å². The van der Waals surface area contributed by atoms with Crippen LogP contribution in [0.15, 0.2) is 58.2 Å². The van der Waals surface area contributed by atoms with E-state index in [-0.39, 0.29) is 6.61 Å². The number of fused-ring (bicyclic) bond motifs is 1. The number of nitrogens with one attached hydrogen (secondary N) is 1. The van der Waals surface area contributed by atoms with Gasteiger partial charge >= 0.3 is 5.97 Å². The summed E-state index contributed by atoms with van der Waals surface area (Å²) in [6, 6.07) is 12.9. The molecule has 0 saturated carbocycles. The standard InChI is InChI=1S/C19H16N4O3S/c1-12-9-13(23-26-12)11-27-18-14(5-4-8-20-18)19(24)25-10-17-21-15-6-2-3-7-16(15)22-17/h2-9H,10-11H2,1H3,(H,21,22). The van der Waals surface area contributed by atoms with Crippen molar-refractivity contribution in [1.82, 2.24) is 20.1 Å². The van der Waals surface area contributed by atoms with Gasteiger partial charge in [0.25, 0.3) is 0 Å². The van der Waals surface area contributed by atoms with Gasteiger partial charge in [0.1, 0.15) is 23.2 Å². The number of para-hydroxylation sites is 2. The van der Waals surface area contributed by atoms with Crippen molar-refractivity contribution < 1.29 is 14.1 Å². The molecule has 0 aliphatic carbocycles. The van der Waals surface area contributed by atoms with E-state index in [0.29, 0.717) is 22.2 Å². The highest BCUT2D eigenvalue weighted by Gasteiger charge is 2.16. The first-order chi connectivity index (χ1) is 13.2. The van der Waals surface area contributed by atoms with Crippen molar-refractivity contribution in [3.05, 3.63) is 71.5 Å². The van der Waals surface area contributed by atoms with Gasteiger partial charge in [-0.2, -0.15) is 0 Å². The van der Waals surface area contributed by atoms with Gasteiger partial charge < -0.3 is 14.2 Å². The maximum Gasteiger partial charge on any atom is 0.341 e. The number of rotatable bonds is 6. The maximum atomic E-state index is 12.5. The Morgan fingerprint density at radius 3 is 2.96 bits per heavy atom. The molecule has 0 fully saturated rings. The molecule has 1 N–H and O–H groups in total. The zero-order valence-electron chi connectivity index (χ0n) is 14.5. The van der Waals surface area contributed by atoms with Crippen LogP contribution in [0, 0.1) is 6.92 Å². The SMILES string of the molecule is Cc1cc(CSc2ncccc2C(=O)OCc2nc3ccccc3[nH]2)no1. The molecule has 3 heterocycles. The zero-order chi connectivity index (χ0) is 18.6. The van der Waals surface area contributed by atoms with E-state index in [0.717, 1.165) is 22.5 Å². The van der Waals surface area contributed by atoms with E-state index in [1.165, 1.54) is 11.8 Å². The minimum atomic E-state index is -0.442. The molecule has 0 radical (unpaired) electrons. The quantitative estimate of drug-likeness (QED) is 0.400. The van der Waals surface area contributed by atoms with Gasteiger partial charge in [-0.25, -0.2) is 14.8 Å². The summed E-state index contributed by atoms with van der Waals surface area (Å²) in [7, 11) is 0. The molecule has 3 aromatic heterocycles. The van der Waals surface area contributed by atoms with Crippen LogP contribution in [0.25, 0.3) is 11.0 Å². The van der Waals surface area contributed by atoms with Crippen LogP contribution in [0.3, 0.4) is 0 Å². The number of carbonyl (C=O) groups excluding carboxylic acids is 1. The average Bonchev–Trinajstić information content (AvgIpc) is 3.30. The summed E-state index contributed by atoms with van der Waals surface area (Å²) in [5, 5.41) is 4.54. The Labute approximate surface area is 159 Å². The zero-order valence-corrected chi connectivity index (χ0v) is 15.3. The molecule has 0 spiro atoms. The second kappa shape index (κ2) is 7.63. The van der Waals surface area contributed by atoms with E-state index in [1.807, 2.05) is 37.3 Å². The summed E-state index contributed by atoms with van der Waals surface area (Å²) < 4.78 is 10.5. The van der Waals surface area contributed by atoms with Gasteiger partial charge in [0.15, 0.2) is 0 Å². The van der Waals surface area contributed by atoms with Crippen LogP contribution in [-0.2, 0) is 17.1 Å². The smallest absolute Gasteiger partial charge is 0.341 e. The number of esters is 1. The first-order valence-electron chi connectivity index (χ1n) is 8.30. The molecule has 136 valence electrons. The first kappa shape index (κ1) is 17.3. The highest BCUT2D eigenvalue weighted by Crippen LogP contribution is 2.25. The lowest BCUT2D eigenvalue weighted by atomic mass is 10.3. The highest BCUT2D eigenvalue weighted by molar-refractivity contribution is 7.98. The Morgan fingerprint density at radius 2 is 2.15 bits per heavy atom. The van der Waals surface area contributed by atoms with Crippen molar-refractivity contribution in [2.75, 3.05) is 0 Å². The van der Waals surface area contributed by atoms with E-state index in [1.54, 1.807) is 18.3 Å². The number of H-pyrrole nitrogens is 1. The normalized spacial score (nSPS) is 11.0. The molecule has 0 atom stereocenters. The van der Waals surface area contributed by atoms with Gasteiger partial charge in [0.05, 0.1) is 22.3 Å². The number of nitrogens with zero attached hydrogens (tertiary/aromatic N) is 3. The van der Waals surface area contributed by atoms with Crippen LogP contribution in [-0.4, -0.2) is 26.1 Å². The number of hydrogen-bond acceptors (Lipinski definition) is 7. The molecule has 0 amide bonds. The summed E-state index contributed by atoms with van der Waals surface area (Å²) in [4.78, 5) is 24.4. The molecule has 1 aromatic carbocycles. The number of imidazole rings is 1. The van der Waals surface area contributed by atoms with Crippen molar-refractivity contribution in [3.63, 3.8) is 0 Å². The van der Waals surface area contributed by atoms with Gasteiger partial charge in [0, 0.05) is 18.0 Å². The monoisotopic (exact) mass is 380 g/mol. The molecular formula is C19H16N4O3S. The fourth-order valence-corrected chi connectivity index (χ4v) is 3.44. The molecule has 27 heavy (non-hydrogen) atoms. The maximum absolute atomic E-state index is 12.5. The molecule has 0 aliphatic rings. The molecule has 0 bridgehead atoms. The van der Waals surface area contributed by atoms with E-state index >= 15 is 0 Å². The summed E-state index contributed by atoms with van der Waals surface area (Å²) in [5.74, 6) is 1.46. The van der Waals surface area contributed by atoms with Gasteiger partial charge in [-0.05, 0) is 31.2 Å². The van der Waals surface area contributed by atoms with Crippen LogP contribution < -0.4 is 0 Å². The third kappa shape index (κ3) is 4.01. The number of carbonyl (C=O) groups is 1. The Kier molecular flexibility index (Phi) is 4.88. The number of pyridine rings is 1. The van der Waals surface area contributed by atoms with Crippen LogP contribution in [0.2, 0.25) is 0 Å². The second-order valence-corrected chi connectivity index (χ2v) is 6.81. The number of ether oxygens (including phenoxy) is 1. The van der Waals surface area contributed by atoms with Crippen molar-refractivity contribution in [1.29, 1.82) is 0 Å². The largest absolute Gasteiger partial charge is 0.454 e. The molecular weight excluding hydrogens is 364 g/mol. The molecule has 4 aromatic rings. The summed E-state index contributed by atoms with van der Waals surface area (Å²) in [5.41, 5.74) is 2.96. The van der Waals surface area contributed by atoms with Crippen molar-refractivity contribution in [2.45, 2.75) is 24.3 Å². The Bertz CT molecular complexity index is 1060. The van der Waals surface area contributed by atoms with Crippen molar-refractivity contribution in [3.8, 4) is 0 Å². The van der Waals surface area contributed by atoms with Crippen LogP contribution >= 0.6 is 11.8 Å². The predicted octanol–water partition coefficient (Wildman–Crippen LogP) is 3.90. The number of aromatic amines is 1. The van der Waals surface area contributed by atoms with E-state index in [2.05, 4.69) is 20.1 Å². The van der Waals surface area contributed by atoms with Crippen LogP contribution in [0.1, 0.15) is 27.6 Å². The van der Waals surface area contributed by atoms with E-state index in [9.17, 15) is 4.79 Å². The van der Waals surface area contributed by atoms with Gasteiger partial charge in [0.2, 0.25) is 0 Å². The highest BCUT2D eigenvalue weighted by atomic mass is 32.2. The van der Waals surface area contributed by atoms with Crippen LogP contribution in [0.4, 0.5) is 0 Å². The minimum Gasteiger partial charge on any atom is -0.454 e. The molecule has 0 saturated heterocycles. The fourth-order valence-electron chi connectivity index (χ4n) is 2.58. The minimum absolute atomic E-state index is 0.0645. The third-order valence-corrected chi connectivity index (χ3v) is 4.84. The average molecular weight is 380 g/mol. The molecule has 0 unspecified atom stereocenters. The number of hydrogen-bond donors (Lipinski definition) is 1.